The van der Waals surface area contributed by atoms with E-state index in [1.54, 1.807) is 18.3 Å². The van der Waals surface area contributed by atoms with E-state index in [1.165, 1.54) is 0 Å². The molecule has 6 heteroatoms. The first-order valence-electron chi connectivity index (χ1n) is 8.94. The summed E-state index contributed by atoms with van der Waals surface area (Å²) in [6.07, 6.45) is 1.78. The third kappa shape index (κ3) is 3.53. The molecular formula is C22H23ClN2O2S. The summed E-state index contributed by atoms with van der Waals surface area (Å²) in [6.45, 7) is 1.57. The minimum Gasteiger partial charge on any atom is -0.345 e. The zero-order chi connectivity index (χ0) is 19.0. The van der Waals surface area contributed by atoms with Crippen molar-refractivity contribution in [3.05, 3.63) is 72.9 Å². The molecule has 0 N–H and O–H groups in total. The molecule has 0 unspecified atom stereocenters. The van der Waals surface area contributed by atoms with Crippen LogP contribution in [0.25, 0.3) is 21.7 Å². The van der Waals surface area contributed by atoms with Crippen molar-refractivity contribution in [2.75, 3.05) is 20.6 Å². The highest BCUT2D eigenvalue weighted by atomic mass is 35.5. The van der Waals surface area contributed by atoms with E-state index >= 15 is 0 Å². The molecule has 4 rings (SSSR count). The second kappa shape index (κ2) is 7.95. The summed E-state index contributed by atoms with van der Waals surface area (Å²) >= 11 is 0. The topological polar surface area (TPSA) is 42.3 Å². The van der Waals surface area contributed by atoms with E-state index in [9.17, 15) is 8.42 Å². The van der Waals surface area contributed by atoms with E-state index in [2.05, 4.69) is 4.90 Å². The van der Waals surface area contributed by atoms with Gasteiger partial charge >= 0.3 is 0 Å². The quantitative estimate of drug-likeness (QED) is 0.479. The van der Waals surface area contributed by atoms with Crippen LogP contribution in [0.1, 0.15) is 0 Å². The van der Waals surface area contributed by atoms with Crippen LogP contribution >= 0.6 is 12.4 Å². The van der Waals surface area contributed by atoms with Crippen LogP contribution in [0, 0.1) is 0 Å². The van der Waals surface area contributed by atoms with Crippen molar-refractivity contribution < 1.29 is 8.42 Å². The molecule has 3 aromatic carbocycles. The van der Waals surface area contributed by atoms with Crippen LogP contribution in [0.15, 0.2) is 82.7 Å². The molecule has 0 bridgehead atoms. The molecule has 146 valence electrons. The van der Waals surface area contributed by atoms with Gasteiger partial charge < -0.3 is 9.47 Å². The lowest BCUT2D eigenvalue weighted by atomic mass is 10.1. The number of hydrogen-bond donors (Lipinski definition) is 0. The van der Waals surface area contributed by atoms with Crippen molar-refractivity contribution in [3.63, 3.8) is 0 Å². The molecule has 0 saturated carbocycles. The molecule has 0 atom stereocenters. The molecule has 1 heterocycles. The Bertz CT molecular complexity index is 1220. The summed E-state index contributed by atoms with van der Waals surface area (Å²) in [5.41, 5.74) is 0.943. The highest BCUT2D eigenvalue weighted by molar-refractivity contribution is 7.92. The maximum absolute atomic E-state index is 13.6. The Morgan fingerprint density at radius 3 is 2.21 bits per heavy atom. The molecule has 0 aliphatic rings. The van der Waals surface area contributed by atoms with Crippen molar-refractivity contribution in [2.24, 2.45) is 0 Å². The Balaban J connectivity index is 0.00000225. The summed E-state index contributed by atoms with van der Waals surface area (Å²) < 4.78 is 29.2. The Morgan fingerprint density at radius 2 is 1.46 bits per heavy atom. The van der Waals surface area contributed by atoms with E-state index in [0.717, 1.165) is 34.8 Å². The van der Waals surface area contributed by atoms with Crippen molar-refractivity contribution >= 4 is 43.9 Å². The summed E-state index contributed by atoms with van der Waals surface area (Å²) in [5.74, 6) is 0. The first-order valence-corrected chi connectivity index (χ1v) is 10.4. The minimum atomic E-state index is -3.64. The van der Waals surface area contributed by atoms with Crippen LogP contribution < -0.4 is 0 Å². The highest BCUT2D eigenvalue weighted by Crippen LogP contribution is 2.33. The fourth-order valence-corrected chi connectivity index (χ4v) is 5.17. The lowest BCUT2D eigenvalue weighted by Crippen LogP contribution is -2.17. The average Bonchev–Trinajstić information content (AvgIpc) is 3.05. The predicted octanol–water partition coefficient (Wildman–Crippen LogP) is 4.61. The maximum Gasteiger partial charge on any atom is 0.209 e. The zero-order valence-corrected chi connectivity index (χ0v) is 17.5. The van der Waals surface area contributed by atoms with Gasteiger partial charge in [0.1, 0.15) is 0 Å². The number of hydrogen-bond acceptors (Lipinski definition) is 3. The van der Waals surface area contributed by atoms with Crippen LogP contribution in [-0.2, 0) is 16.4 Å². The molecule has 0 aliphatic carbocycles. The molecule has 0 radical (unpaired) electrons. The van der Waals surface area contributed by atoms with E-state index in [-0.39, 0.29) is 12.4 Å². The average molecular weight is 415 g/mol. The predicted molar refractivity (Wildman–Crippen MR) is 117 cm³/mol. The van der Waals surface area contributed by atoms with E-state index < -0.39 is 9.84 Å². The summed E-state index contributed by atoms with van der Waals surface area (Å²) in [4.78, 5) is 2.82. The normalized spacial score (nSPS) is 11.8. The fraction of sp³-hybridized carbons (Fsp3) is 0.182. The van der Waals surface area contributed by atoms with Gasteiger partial charge in [-0.2, -0.15) is 0 Å². The van der Waals surface area contributed by atoms with Crippen LogP contribution in [0.3, 0.4) is 0 Å². The summed E-state index contributed by atoms with van der Waals surface area (Å²) in [5, 5.41) is 2.45. The van der Waals surface area contributed by atoms with E-state index in [0.29, 0.717) is 9.79 Å². The van der Waals surface area contributed by atoms with Gasteiger partial charge in [0, 0.05) is 35.6 Å². The smallest absolute Gasteiger partial charge is 0.209 e. The molecule has 1 aromatic heterocycles. The van der Waals surface area contributed by atoms with E-state index in [4.69, 9.17) is 0 Å². The number of fused-ring (bicyclic) bond motifs is 2. The third-order valence-electron chi connectivity index (χ3n) is 4.87. The summed E-state index contributed by atoms with van der Waals surface area (Å²) in [6, 6.07) is 20.8. The van der Waals surface area contributed by atoms with Crippen LogP contribution in [0.2, 0.25) is 0 Å². The van der Waals surface area contributed by atoms with Crippen molar-refractivity contribution in [2.45, 2.75) is 16.3 Å². The lowest BCUT2D eigenvalue weighted by molar-refractivity contribution is 0.386. The third-order valence-corrected chi connectivity index (χ3v) is 6.71. The highest BCUT2D eigenvalue weighted by Gasteiger charge is 2.25. The van der Waals surface area contributed by atoms with Gasteiger partial charge in [-0.15, -0.1) is 12.4 Å². The van der Waals surface area contributed by atoms with Gasteiger partial charge in [-0.1, -0.05) is 54.6 Å². The number of nitrogens with zero attached hydrogens (tertiary/aromatic N) is 2. The number of aromatic nitrogens is 1. The standard InChI is InChI=1S/C22H22N2O2S.ClH/c1-23(2)14-15-24-16-22(19-11-5-6-12-20(19)24)27(25,26)21-13-7-9-17-8-3-4-10-18(17)21;/h3-13,16H,14-15H2,1-2H3;1H. The molecule has 0 spiro atoms. The molecular weight excluding hydrogens is 392 g/mol. The number of halogens is 1. The second-order valence-corrected chi connectivity index (χ2v) is 8.87. The molecule has 28 heavy (non-hydrogen) atoms. The SMILES string of the molecule is CN(C)CCn1cc(S(=O)(=O)c2cccc3ccccc23)c2ccccc21.Cl. The van der Waals surface area contributed by atoms with Gasteiger partial charge in [-0.05, 0) is 31.6 Å². The van der Waals surface area contributed by atoms with Crippen LogP contribution in [-0.4, -0.2) is 38.5 Å². The number of sulfone groups is 1. The van der Waals surface area contributed by atoms with Crippen molar-refractivity contribution in [3.8, 4) is 0 Å². The molecule has 4 nitrogen and oxygen atoms in total. The van der Waals surface area contributed by atoms with Crippen LogP contribution in [0.4, 0.5) is 0 Å². The first-order chi connectivity index (χ1) is 13.0. The monoisotopic (exact) mass is 414 g/mol. The minimum absolute atomic E-state index is 0. The van der Waals surface area contributed by atoms with Gasteiger partial charge in [0.05, 0.1) is 9.79 Å². The number of para-hydroxylation sites is 1. The Morgan fingerprint density at radius 1 is 0.821 bits per heavy atom. The van der Waals surface area contributed by atoms with Crippen molar-refractivity contribution in [1.29, 1.82) is 0 Å². The van der Waals surface area contributed by atoms with Gasteiger partial charge in [-0.25, -0.2) is 8.42 Å². The Hall–Kier alpha value is -2.34. The number of rotatable bonds is 5. The summed E-state index contributed by atoms with van der Waals surface area (Å²) in [7, 11) is 0.382. The maximum atomic E-state index is 13.6. The van der Waals surface area contributed by atoms with Gasteiger partial charge in [0.25, 0.3) is 0 Å². The van der Waals surface area contributed by atoms with Crippen LogP contribution in [0.5, 0.6) is 0 Å². The number of benzene rings is 3. The molecule has 0 amide bonds. The van der Waals surface area contributed by atoms with Gasteiger partial charge in [0.2, 0.25) is 9.84 Å². The Labute approximate surface area is 171 Å². The van der Waals surface area contributed by atoms with Crippen molar-refractivity contribution in [1.82, 2.24) is 9.47 Å². The largest absolute Gasteiger partial charge is 0.345 e. The molecule has 0 aliphatic heterocycles. The molecule has 4 aromatic rings. The zero-order valence-electron chi connectivity index (χ0n) is 15.9. The van der Waals surface area contributed by atoms with E-state index in [1.807, 2.05) is 73.3 Å². The molecule has 0 fully saturated rings. The van der Waals surface area contributed by atoms with Gasteiger partial charge in [0.15, 0.2) is 0 Å². The fourth-order valence-electron chi connectivity index (χ4n) is 3.47. The number of likely N-dealkylation sites (N-methyl/N-ethyl adjacent to an activating group) is 1. The van der Waals surface area contributed by atoms with Gasteiger partial charge in [-0.3, -0.25) is 0 Å². The Kier molecular flexibility index (Phi) is 5.79. The molecule has 0 saturated heterocycles. The lowest BCUT2D eigenvalue weighted by Gasteiger charge is -2.11. The second-order valence-electron chi connectivity index (χ2n) is 6.99. The first kappa shape index (κ1) is 20.4.